The van der Waals surface area contributed by atoms with Crippen molar-refractivity contribution in [3.05, 3.63) is 35.9 Å². The van der Waals surface area contributed by atoms with Crippen LogP contribution in [0.15, 0.2) is 30.3 Å². The molecule has 8 nitrogen and oxygen atoms in total. The summed E-state index contributed by atoms with van der Waals surface area (Å²) < 4.78 is 10.5. The third kappa shape index (κ3) is 6.00. The Labute approximate surface area is 190 Å². The maximum absolute atomic E-state index is 13.6. The van der Waals surface area contributed by atoms with Crippen LogP contribution in [0.4, 0.5) is 4.79 Å². The van der Waals surface area contributed by atoms with E-state index in [1.165, 1.54) is 12.0 Å². The summed E-state index contributed by atoms with van der Waals surface area (Å²) in [5.41, 5.74) is 0.523. The van der Waals surface area contributed by atoms with Crippen molar-refractivity contribution in [2.45, 2.75) is 71.2 Å². The minimum atomic E-state index is -0.833. The molecule has 1 heterocycles. The summed E-state index contributed by atoms with van der Waals surface area (Å²) >= 11 is 0. The lowest BCUT2D eigenvalue weighted by Crippen LogP contribution is -2.57. The maximum atomic E-state index is 13.6. The Morgan fingerprint density at radius 3 is 2.38 bits per heavy atom. The molecule has 1 aliphatic heterocycles. The number of alkyl carbamates (subject to hydrolysis) is 1. The summed E-state index contributed by atoms with van der Waals surface area (Å²) in [6, 6.07) is 8.33. The van der Waals surface area contributed by atoms with Gasteiger partial charge in [0.25, 0.3) is 0 Å². The van der Waals surface area contributed by atoms with Gasteiger partial charge in [0.05, 0.1) is 13.8 Å². The van der Waals surface area contributed by atoms with Gasteiger partial charge in [-0.2, -0.15) is 0 Å². The van der Waals surface area contributed by atoms with Gasteiger partial charge < -0.3 is 19.7 Å². The van der Waals surface area contributed by atoms with Gasteiger partial charge in [0, 0.05) is 13.1 Å². The topological polar surface area (TPSA) is 88.2 Å². The average Bonchev–Trinajstić information content (AvgIpc) is 3.41. The van der Waals surface area contributed by atoms with Crippen LogP contribution in [0.3, 0.4) is 0 Å². The number of esters is 1. The first kappa shape index (κ1) is 24.0. The second-order valence-electron chi connectivity index (χ2n) is 9.74. The number of hydrogen-bond donors (Lipinski definition) is 1. The van der Waals surface area contributed by atoms with Crippen molar-refractivity contribution in [1.82, 2.24) is 15.1 Å². The highest BCUT2D eigenvalue weighted by molar-refractivity contribution is 5.90. The summed E-state index contributed by atoms with van der Waals surface area (Å²) in [5, 5.41) is 2.78. The van der Waals surface area contributed by atoms with Crippen LogP contribution < -0.4 is 5.32 Å². The van der Waals surface area contributed by atoms with E-state index in [1.54, 1.807) is 0 Å². The third-order valence-corrected chi connectivity index (χ3v) is 6.12. The molecule has 0 spiro atoms. The Balaban J connectivity index is 1.74. The molecule has 32 heavy (non-hydrogen) atoms. The zero-order valence-electron chi connectivity index (χ0n) is 19.5. The van der Waals surface area contributed by atoms with Crippen molar-refractivity contribution in [2.24, 2.45) is 5.41 Å². The fourth-order valence-corrected chi connectivity index (χ4v) is 4.36. The zero-order chi connectivity index (χ0) is 23.3. The largest absolute Gasteiger partial charge is 0.467 e. The van der Waals surface area contributed by atoms with Gasteiger partial charge in [-0.3, -0.25) is 9.69 Å². The van der Waals surface area contributed by atoms with E-state index in [2.05, 4.69) is 5.32 Å². The summed E-state index contributed by atoms with van der Waals surface area (Å²) in [4.78, 5) is 42.2. The van der Waals surface area contributed by atoms with Gasteiger partial charge in [0.1, 0.15) is 18.2 Å². The minimum absolute atomic E-state index is 0.0957. The normalized spacial score (nSPS) is 20.8. The molecule has 1 aliphatic carbocycles. The molecule has 2 amide bonds. The van der Waals surface area contributed by atoms with E-state index in [-0.39, 0.29) is 18.7 Å². The smallest absolute Gasteiger partial charge is 0.408 e. The molecule has 176 valence electrons. The molecule has 1 N–H and O–H groups in total. The van der Waals surface area contributed by atoms with Crippen molar-refractivity contribution in [1.29, 1.82) is 0 Å². The summed E-state index contributed by atoms with van der Waals surface area (Å²) in [6.07, 6.45) is 3.12. The predicted molar refractivity (Wildman–Crippen MR) is 119 cm³/mol. The van der Waals surface area contributed by atoms with E-state index >= 15 is 0 Å². The number of carbonyl (C=O) groups is 3. The molecule has 0 aromatic heterocycles. The SMILES string of the molecule is COC(=O)[C@@H]1CN(Cc2ccccc2)CN1C(=O)[C@@H](NC(=O)OC1CCCC1)C(C)(C)C. The van der Waals surface area contributed by atoms with Gasteiger partial charge in [-0.25, -0.2) is 9.59 Å². The fraction of sp³-hybridized carbons (Fsp3) is 0.625. The molecule has 0 unspecified atom stereocenters. The van der Waals surface area contributed by atoms with Gasteiger partial charge >= 0.3 is 12.1 Å². The van der Waals surface area contributed by atoms with Crippen LogP contribution in [0, 0.1) is 5.41 Å². The fourth-order valence-electron chi connectivity index (χ4n) is 4.36. The zero-order valence-corrected chi connectivity index (χ0v) is 19.5. The van der Waals surface area contributed by atoms with Crippen LogP contribution in [-0.2, 0) is 25.6 Å². The number of rotatable bonds is 6. The van der Waals surface area contributed by atoms with E-state index in [1.807, 2.05) is 56.0 Å². The molecule has 2 atom stereocenters. The number of methoxy groups -OCH3 is 1. The average molecular weight is 446 g/mol. The first-order chi connectivity index (χ1) is 15.2. The molecule has 1 saturated carbocycles. The predicted octanol–water partition coefficient (Wildman–Crippen LogP) is 2.91. The number of hydrogen-bond acceptors (Lipinski definition) is 6. The van der Waals surface area contributed by atoms with Crippen LogP contribution >= 0.6 is 0 Å². The molecule has 8 heteroatoms. The molecular weight excluding hydrogens is 410 g/mol. The van der Waals surface area contributed by atoms with E-state index in [0.717, 1.165) is 31.2 Å². The van der Waals surface area contributed by atoms with Crippen molar-refractivity contribution >= 4 is 18.0 Å². The van der Waals surface area contributed by atoms with Crippen molar-refractivity contribution < 1.29 is 23.9 Å². The number of nitrogens with one attached hydrogen (secondary N) is 1. The number of amides is 2. The molecule has 0 bridgehead atoms. The van der Waals surface area contributed by atoms with Crippen molar-refractivity contribution in [2.75, 3.05) is 20.3 Å². The summed E-state index contributed by atoms with van der Waals surface area (Å²) in [7, 11) is 1.32. The highest BCUT2D eigenvalue weighted by Gasteiger charge is 2.45. The molecule has 3 rings (SSSR count). The Morgan fingerprint density at radius 2 is 1.78 bits per heavy atom. The molecule has 1 aromatic rings. The number of nitrogens with zero attached hydrogens (tertiary/aromatic N) is 2. The summed E-state index contributed by atoms with van der Waals surface area (Å²) in [6.45, 7) is 6.91. The van der Waals surface area contributed by atoms with Crippen LogP contribution in [-0.4, -0.2) is 66.3 Å². The van der Waals surface area contributed by atoms with Gasteiger partial charge in [0.15, 0.2) is 0 Å². The van der Waals surface area contributed by atoms with Crippen LogP contribution in [0.5, 0.6) is 0 Å². The quantitative estimate of drug-likeness (QED) is 0.678. The van der Waals surface area contributed by atoms with Crippen molar-refractivity contribution in [3.63, 3.8) is 0 Å². The lowest BCUT2D eigenvalue weighted by molar-refractivity contribution is -0.152. The van der Waals surface area contributed by atoms with Gasteiger partial charge in [-0.15, -0.1) is 0 Å². The molecule has 0 radical (unpaired) electrons. The first-order valence-corrected chi connectivity index (χ1v) is 11.3. The van der Waals surface area contributed by atoms with Gasteiger partial charge in [0.2, 0.25) is 5.91 Å². The van der Waals surface area contributed by atoms with Crippen molar-refractivity contribution in [3.8, 4) is 0 Å². The number of benzene rings is 1. The number of ether oxygens (including phenoxy) is 2. The Hall–Kier alpha value is -2.61. The number of carbonyl (C=O) groups excluding carboxylic acids is 3. The van der Waals surface area contributed by atoms with Crippen LogP contribution in [0.2, 0.25) is 0 Å². The van der Waals surface area contributed by atoms with E-state index in [0.29, 0.717) is 13.1 Å². The van der Waals surface area contributed by atoms with E-state index in [4.69, 9.17) is 9.47 Å². The third-order valence-electron chi connectivity index (χ3n) is 6.12. The first-order valence-electron chi connectivity index (χ1n) is 11.3. The second kappa shape index (κ2) is 10.3. The Bertz CT molecular complexity index is 802. The van der Waals surface area contributed by atoms with Crippen LogP contribution in [0.25, 0.3) is 0 Å². The highest BCUT2D eigenvalue weighted by atomic mass is 16.6. The standard InChI is InChI=1S/C24H35N3O5/c1-24(2,3)20(25-23(30)32-18-12-8-9-13-18)21(28)27-16-26(15-19(27)22(29)31-4)14-17-10-6-5-7-11-17/h5-7,10-11,18-20H,8-9,12-16H2,1-4H3,(H,25,30)/t19-,20+/m0/s1. The molecule has 1 saturated heterocycles. The highest BCUT2D eigenvalue weighted by Crippen LogP contribution is 2.26. The maximum Gasteiger partial charge on any atom is 0.408 e. The lowest BCUT2D eigenvalue weighted by Gasteiger charge is -2.34. The monoisotopic (exact) mass is 445 g/mol. The second-order valence-corrected chi connectivity index (χ2v) is 9.74. The molecule has 2 fully saturated rings. The molecule has 1 aromatic carbocycles. The van der Waals surface area contributed by atoms with Crippen LogP contribution in [0.1, 0.15) is 52.0 Å². The molecular formula is C24H35N3O5. The van der Waals surface area contributed by atoms with E-state index in [9.17, 15) is 14.4 Å². The Kier molecular flexibility index (Phi) is 7.77. The van der Waals surface area contributed by atoms with E-state index < -0.39 is 29.6 Å². The van der Waals surface area contributed by atoms with Gasteiger partial charge in [-0.05, 0) is 36.7 Å². The molecule has 2 aliphatic rings. The minimum Gasteiger partial charge on any atom is -0.467 e. The van der Waals surface area contributed by atoms with Gasteiger partial charge in [-0.1, -0.05) is 51.1 Å². The Morgan fingerprint density at radius 1 is 1.12 bits per heavy atom. The lowest BCUT2D eigenvalue weighted by atomic mass is 9.85. The summed E-state index contributed by atoms with van der Waals surface area (Å²) in [5.74, 6) is -0.776.